The minimum absolute atomic E-state index is 0.0400. The number of benzene rings is 1. The van der Waals surface area contributed by atoms with E-state index in [0.29, 0.717) is 23.1 Å². The van der Waals surface area contributed by atoms with Crippen molar-refractivity contribution in [2.75, 3.05) is 15.8 Å². The second-order valence-electron chi connectivity index (χ2n) is 6.87. The monoisotopic (exact) mass is 450 g/mol. The predicted molar refractivity (Wildman–Crippen MR) is 123 cm³/mol. The largest absolute Gasteiger partial charge is 0.487 e. The van der Waals surface area contributed by atoms with Crippen molar-refractivity contribution in [1.29, 1.82) is 0 Å². The van der Waals surface area contributed by atoms with Crippen LogP contribution in [-0.2, 0) is 16.6 Å². The number of hydrogen-bond donors (Lipinski definition) is 3. The van der Waals surface area contributed by atoms with Crippen molar-refractivity contribution in [3.8, 4) is 17.0 Å². The first-order chi connectivity index (χ1) is 15.5. The number of nitrogens with zero attached hydrogens (tertiary/aromatic N) is 3. The minimum Gasteiger partial charge on any atom is -0.487 e. The van der Waals surface area contributed by atoms with E-state index in [2.05, 4.69) is 30.2 Å². The zero-order chi connectivity index (χ0) is 22.4. The highest BCUT2D eigenvalue weighted by Gasteiger charge is 2.14. The molecule has 0 atom stereocenters. The van der Waals surface area contributed by atoms with Gasteiger partial charge >= 0.3 is 0 Å². The highest BCUT2D eigenvalue weighted by molar-refractivity contribution is 7.92. The summed E-state index contributed by atoms with van der Waals surface area (Å²) in [4.78, 5) is 8.22. The van der Waals surface area contributed by atoms with Crippen molar-refractivity contribution in [1.82, 2.24) is 20.2 Å². The van der Waals surface area contributed by atoms with E-state index in [0.717, 1.165) is 16.8 Å². The van der Waals surface area contributed by atoms with Crippen LogP contribution in [0.1, 0.15) is 12.5 Å². The molecule has 0 fully saturated rings. The summed E-state index contributed by atoms with van der Waals surface area (Å²) in [5, 5.41) is 10.4. The smallest absolute Gasteiger partial charge is 0.232 e. The van der Waals surface area contributed by atoms with Crippen molar-refractivity contribution >= 4 is 27.3 Å². The molecular formula is C22H22N6O3S. The molecule has 4 aromatic rings. The first-order valence-corrected chi connectivity index (χ1v) is 11.6. The van der Waals surface area contributed by atoms with E-state index in [1.807, 2.05) is 36.4 Å². The lowest BCUT2D eigenvalue weighted by Gasteiger charge is -2.14. The van der Waals surface area contributed by atoms with Crippen LogP contribution in [0.4, 0.5) is 17.3 Å². The molecule has 9 nitrogen and oxygen atoms in total. The van der Waals surface area contributed by atoms with Crippen LogP contribution in [0.15, 0.2) is 73.2 Å². The molecule has 3 N–H and O–H groups in total. The molecule has 3 heterocycles. The first kappa shape index (κ1) is 21.3. The second-order valence-corrected chi connectivity index (χ2v) is 8.88. The van der Waals surface area contributed by atoms with Crippen LogP contribution < -0.4 is 14.8 Å². The summed E-state index contributed by atoms with van der Waals surface area (Å²) >= 11 is 0. The summed E-state index contributed by atoms with van der Waals surface area (Å²) in [6, 6.07) is 16.3. The Balaban J connectivity index is 1.60. The van der Waals surface area contributed by atoms with Gasteiger partial charge in [-0.15, -0.1) is 0 Å². The number of ether oxygens (including phenoxy) is 1. The normalized spacial score (nSPS) is 11.2. The summed E-state index contributed by atoms with van der Waals surface area (Å²) in [6.07, 6.45) is 5.05. The molecule has 4 rings (SSSR count). The molecule has 10 heteroatoms. The number of aromatic nitrogens is 4. The Hall–Kier alpha value is -3.92. The van der Waals surface area contributed by atoms with Crippen molar-refractivity contribution in [2.45, 2.75) is 13.5 Å². The van der Waals surface area contributed by atoms with Crippen LogP contribution in [0.5, 0.6) is 5.75 Å². The summed E-state index contributed by atoms with van der Waals surface area (Å²) in [6.45, 7) is 1.84. The van der Waals surface area contributed by atoms with Crippen LogP contribution in [0.3, 0.4) is 0 Å². The van der Waals surface area contributed by atoms with Crippen LogP contribution in [-0.4, -0.2) is 34.3 Å². The van der Waals surface area contributed by atoms with Gasteiger partial charge < -0.3 is 10.1 Å². The predicted octanol–water partition coefficient (Wildman–Crippen LogP) is 3.95. The maximum absolute atomic E-state index is 12.1. The van der Waals surface area contributed by atoms with Crippen molar-refractivity contribution in [3.63, 3.8) is 0 Å². The molecule has 0 bridgehead atoms. The molecular weight excluding hydrogens is 428 g/mol. The number of hydrogen-bond acceptors (Lipinski definition) is 7. The summed E-state index contributed by atoms with van der Waals surface area (Å²) in [5.74, 6) is 1.65. The van der Waals surface area contributed by atoms with Gasteiger partial charge in [0.1, 0.15) is 18.2 Å². The first-order valence-electron chi connectivity index (χ1n) is 9.92. The van der Waals surface area contributed by atoms with Gasteiger partial charge in [0.2, 0.25) is 10.0 Å². The molecule has 0 radical (unpaired) electrons. The Morgan fingerprint density at radius 3 is 2.59 bits per heavy atom. The van der Waals surface area contributed by atoms with Crippen molar-refractivity contribution in [3.05, 3.63) is 78.8 Å². The Morgan fingerprint density at radius 1 is 1.00 bits per heavy atom. The fourth-order valence-electron chi connectivity index (χ4n) is 2.87. The van der Waals surface area contributed by atoms with Gasteiger partial charge in [-0.25, -0.2) is 13.4 Å². The van der Waals surface area contributed by atoms with Crippen LogP contribution in [0.2, 0.25) is 0 Å². The molecule has 0 aliphatic rings. The quantitative estimate of drug-likeness (QED) is 0.353. The average Bonchev–Trinajstić information content (AvgIpc) is 3.28. The fraction of sp³-hybridized carbons (Fsp3) is 0.136. The van der Waals surface area contributed by atoms with Gasteiger partial charge in [0.25, 0.3) is 0 Å². The molecule has 0 aliphatic carbocycles. The number of pyridine rings is 2. The Morgan fingerprint density at radius 2 is 1.84 bits per heavy atom. The number of rotatable bonds is 9. The lowest BCUT2D eigenvalue weighted by Crippen LogP contribution is -2.15. The topological polar surface area (TPSA) is 122 Å². The Labute approximate surface area is 186 Å². The van der Waals surface area contributed by atoms with Gasteiger partial charge in [0, 0.05) is 30.2 Å². The van der Waals surface area contributed by atoms with E-state index in [1.54, 1.807) is 43.7 Å². The van der Waals surface area contributed by atoms with Gasteiger partial charge in [0.05, 0.1) is 17.1 Å². The average molecular weight is 451 g/mol. The lowest BCUT2D eigenvalue weighted by atomic mass is 10.1. The SMILES string of the molecule is CCS(=O)(=O)Nc1ccc(-c2cc(Nc3ccccn3)n[nH]2)cc1OCc1ccncc1. The number of H-pyrrole nitrogens is 1. The van der Waals surface area contributed by atoms with Gasteiger partial charge in [-0.1, -0.05) is 12.1 Å². The van der Waals surface area contributed by atoms with E-state index in [4.69, 9.17) is 4.74 Å². The van der Waals surface area contributed by atoms with Crippen LogP contribution in [0, 0.1) is 0 Å². The number of anilines is 3. The molecule has 32 heavy (non-hydrogen) atoms. The third-order valence-electron chi connectivity index (χ3n) is 4.58. The van der Waals surface area contributed by atoms with Gasteiger partial charge in [0.15, 0.2) is 5.82 Å². The number of aromatic amines is 1. The maximum Gasteiger partial charge on any atom is 0.232 e. The van der Waals surface area contributed by atoms with Crippen molar-refractivity contribution in [2.24, 2.45) is 0 Å². The van der Waals surface area contributed by atoms with Crippen molar-refractivity contribution < 1.29 is 13.2 Å². The Bertz CT molecular complexity index is 1280. The summed E-state index contributed by atoms with van der Waals surface area (Å²) in [5.41, 5.74) is 2.81. The maximum atomic E-state index is 12.1. The highest BCUT2D eigenvalue weighted by Crippen LogP contribution is 2.32. The van der Waals surface area contributed by atoms with E-state index >= 15 is 0 Å². The standard InChI is InChI=1S/C22H22N6O3S/c1-2-32(29,30)28-18-7-6-17(13-20(18)31-15-16-8-11-23-12-9-16)19-14-22(27-26-19)25-21-5-3-4-10-24-21/h3-14,28H,2,15H2,1H3,(H2,24,25,26,27). The summed E-state index contributed by atoms with van der Waals surface area (Å²) < 4.78 is 32.8. The molecule has 3 aromatic heterocycles. The molecule has 0 spiro atoms. The highest BCUT2D eigenvalue weighted by atomic mass is 32.2. The summed E-state index contributed by atoms with van der Waals surface area (Å²) in [7, 11) is -3.46. The van der Waals surface area contributed by atoms with Gasteiger partial charge in [-0.3, -0.25) is 14.8 Å². The molecule has 0 aliphatic heterocycles. The Kier molecular flexibility index (Phi) is 6.31. The third-order valence-corrected chi connectivity index (χ3v) is 5.87. The molecule has 0 unspecified atom stereocenters. The minimum atomic E-state index is -3.46. The van der Waals surface area contributed by atoms with Crippen LogP contribution in [0.25, 0.3) is 11.3 Å². The van der Waals surface area contributed by atoms with E-state index in [-0.39, 0.29) is 12.4 Å². The number of nitrogens with one attached hydrogen (secondary N) is 3. The lowest BCUT2D eigenvalue weighted by molar-refractivity contribution is 0.308. The molecule has 164 valence electrons. The van der Waals surface area contributed by atoms with E-state index < -0.39 is 10.0 Å². The second kappa shape index (κ2) is 9.48. The fourth-order valence-corrected chi connectivity index (χ4v) is 3.52. The van der Waals surface area contributed by atoms with Crippen LogP contribution >= 0.6 is 0 Å². The zero-order valence-electron chi connectivity index (χ0n) is 17.3. The number of sulfonamides is 1. The molecule has 0 saturated heterocycles. The molecule has 0 saturated carbocycles. The van der Waals surface area contributed by atoms with Gasteiger partial charge in [-0.2, -0.15) is 5.10 Å². The zero-order valence-corrected chi connectivity index (χ0v) is 18.1. The molecule has 0 amide bonds. The van der Waals surface area contributed by atoms with E-state index in [9.17, 15) is 8.42 Å². The van der Waals surface area contributed by atoms with E-state index in [1.165, 1.54) is 0 Å². The third kappa shape index (κ3) is 5.41. The molecule has 1 aromatic carbocycles. The van der Waals surface area contributed by atoms with Gasteiger partial charge in [-0.05, 0) is 48.9 Å².